The topological polar surface area (TPSA) is 35.5 Å². The fraction of sp³-hybridized carbons (Fsp3) is 1.00. The Morgan fingerprint density at radius 3 is 2.56 bits per heavy atom. The zero-order valence-electron chi connectivity index (χ0n) is 12.7. The largest absolute Gasteiger partial charge is 0.394 e. The molecule has 0 aromatic heterocycles. The van der Waals surface area contributed by atoms with Gasteiger partial charge in [-0.15, -0.1) is 0 Å². The molecule has 1 aliphatic rings. The van der Waals surface area contributed by atoms with E-state index in [0.717, 1.165) is 24.9 Å². The summed E-state index contributed by atoms with van der Waals surface area (Å²) in [6, 6.07) is 0.753. The molecule has 0 saturated heterocycles. The van der Waals surface area contributed by atoms with E-state index in [2.05, 4.69) is 38.0 Å². The summed E-state index contributed by atoms with van der Waals surface area (Å²) in [5.74, 6) is 0.958. The van der Waals surface area contributed by atoms with Gasteiger partial charge in [0.25, 0.3) is 0 Å². The van der Waals surface area contributed by atoms with Crippen molar-refractivity contribution in [2.75, 3.05) is 26.7 Å². The predicted octanol–water partition coefficient (Wildman–Crippen LogP) is 2.25. The normalized spacial score (nSPS) is 21.0. The minimum atomic E-state index is -0.0879. The minimum absolute atomic E-state index is 0.0879. The molecular formula is C15H32N2O. The Bertz CT molecular complexity index is 231. The second-order valence-corrected chi connectivity index (χ2v) is 6.26. The minimum Gasteiger partial charge on any atom is -0.394 e. The van der Waals surface area contributed by atoms with Crippen molar-refractivity contribution >= 4 is 0 Å². The molecule has 0 aliphatic heterocycles. The fourth-order valence-corrected chi connectivity index (χ4v) is 2.67. The molecular weight excluding hydrogens is 224 g/mol. The van der Waals surface area contributed by atoms with Crippen LogP contribution in [0, 0.1) is 5.92 Å². The third kappa shape index (κ3) is 5.25. The van der Waals surface area contributed by atoms with Crippen molar-refractivity contribution in [1.29, 1.82) is 0 Å². The number of aliphatic hydroxyl groups excluding tert-OH is 1. The van der Waals surface area contributed by atoms with Gasteiger partial charge in [0.2, 0.25) is 0 Å². The van der Waals surface area contributed by atoms with Gasteiger partial charge >= 0.3 is 0 Å². The molecule has 3 heteroatoms. The van der Waals surface area contributed by atoms with Crippen LogP contribution in [-0.2, 0) is 0 Å². The molecule has 0 amide bonds. The van der Waals surface area contributed by atoms with Crippen molar-refractivity contribution in [1.82, 2.24) is 10.2 Å². The fourth-order valence-electron chi connectivity index (χ4n) is 2.67. The van der Waals surface area contributed by atoms with Crippen LogP contribution in [-0.4, -0.2) is 48.3 Å². The van der Waals surface area contributed by atoms with E-state index in [4.69, 9.17) is 0 Å². The molecule has 0 radical (unpaired) electrons. The molecule has 1 saturated carbocycles. The second kappa shape index (κ2) is 7.46. The molecule has 2 atom stereocenters. The first-order valence-corrected chi connectivity index (χ1v) is 7.58. The average molecular weight is 256 g/mol. The smallest absolute Gasteiger partial charge is 0.0610 e. The SMILES string of the molecule is CCNC(C)(CO)CCCCN(C)C(C)C1CC1. The van der Waals surface area contributed by atoms with E-state index in [1.807, 2.05) is 0 Å². The third-order valence-corrected chi connectivity index (χ3v) is 4.44. The van der Waals surface area contributed by atoms with Gasteiger partial charge < -0.3 is 15.3 Å². The molecule has 18 heavy (non-hydrogen) atoms. The maximum absolute atomic E-state index is 9.42. The Kier molecular flexibility index (Phi) is 6.61. The number of nitrogens with zero attached hydrogens (tertiary/aromatic N) is 1. The summed E-state index contributed by atoms with van der Waals surface area (Å²) in [5, 5.41) is 12.8. The molecule has 3 nitrogen and oxygen atoms in total. The molecule has 0 aromatic carbocycles. The summed E-state index contributed by atoms with van der Waals surface area (Å²) >= 11 is 0. The summed E-state index contributed by atoms with van der Waals surface area (Å²) < 4.78 is 0. The summed E-state index contributed by atoms with van der Waals surface area (Å²) in [4.78, 5) is 2.50. The van der Waals surface area contributed by atoms with Crippen LogP contribution in [0.5, 0.6) is 0 Å². The highest BCUT2D eigenvalue weighted by atomic mass is 16.3. The van der Waals surface area contributed by atoms with E-state index in [1.54, 1.807) is 0 Å². The molecule has 1 aliphatic carbocycles. The monoisotopic (exact) mass is 256 g/mol. The van der Waals surface area contributed by atoms with Crippen LogP contribution in [0.25, 0.3) is 0 Å². The first-order chi connectivity index (χ1) is 8.52. The van der Waals surface area contributed by atoms with Crippen molar-refractivity contribution in [3.05, 3.63) is 0 Å². The predicted molar refractivity (Wildman–Crippen MR) is 77.8 cm³/mol. The number of hydrogen-bond donors (Lipinski definition) is 2. The van der Waals surface area contributed by atoms with E-state index in [1.165, 1.54) is 32.2 Å². The van der Waals surface area contributed by atoms with Gasteiger partial charge in [0.15, 0.2) is 0 Å². The number of unbranched alkanes of at least 4 members (excludes halogenated alkanes) is 1. The first kappa shape index (κ1) is 15.9. The van der Waals surface area contributed by atoms with Crippen molar-refractivity contribution < 1.29 is 5.11 Å². The quantitative estimate of drug-likeness (QED) is 0.589. The summed E-state index contributed by atoms with van der Waals surface area (Å²) in [5.41, 5.74) is -0.0879. The van der Waals surface area contributed by atoms with Crippen LogP contribution in [0.4, 0.5) is 0 Å². The lowest BCUT2D eigenvalue weighted by Gasteiger charge is -2.29. The van der Waals surface area contributed by atoms with E-state index in [0.29, 0.717) is 0 Å². The highest BCUT2D eigenvalue weighted by molar-refractivity contribution is 4.84. The number of rotatable bonds is 10. The number of aliphatic hydroxyl groups is 1. The van der Waals surface area contributed by atoms with Crippen LogP contribution in [0.3, 0.4) is 0 Å². The highest BCUT2D eigenvalue weighted by Gasteiger charge is 2.30. The van der Waals surface area contributed by atoms with Crippen LogP contribution in [0.15, 0.2) is 0 Å². The van der Waals surface area contributed by atoms with Gasteiger partial charge in [0, 0.05) is 11.6 Å². The second-order valence-electron chi connectivity index (χ2n) is 6.26. The van der Waals surface area contributed by atoms with Crippen LogP contribution in [0.2, 0.25) is 0 Å². The Hall–Kier alpha value is -0.120. The van der Waals surface area contributed by atoms with Crippen molar-refractivity contribution in [3.8, 4) is 0 Å². The maximum atomic E-state index is 9.42. The van der Waals surface area contributed by atoms with Gasteiger partial charge in [-0.3, -0.25) is 0 Å². The van der Waals surface area contributed by atoms with Gasteiger partial charge in [-0.25, -0.2) is 0 Å². The molecule has 108 valence electrons. The van der Waals surface area contributed by atoms with Crippen LogP contribution < -0.4 is 5.32 Å². The third-order valence-electron chi connectivity index (χ3n) is 4.44. The molecule has 1 rings (SSSR count). The summed E-state index contributed by atoms with van der Waals surface area (Å²) in [7, 11) is 2.25. The Morgan fingerprint density at radius 1 is 1.39 bits per heavy atom. The van der Waals surface area contributed by atoms with Gasteiger partial charge in [-0.05, 0) is 65.6 Å². The first-order valence-electron chi connectivity index (χ1n) is 7.58. The molecule has 0 spiro atoms. The standard InChI is InChI=1S/C15H32N2O/c1-5-16-15(3,12-18)10-6-7-11-17(4)13(2)14-8-9-14/h13-14,16,18H,5-12H2,1-4H3. The van der Waals surface area contributed by atoms with Crippen molar-refractivity contribution in [2.24, 2.45) is 5.92 Å². The average Bonchev–Trinajstić information content (AvgIpc) is 3.18. The number of nitrogens with one attached hydrogen (secondary N) is 1. The Morgan fingerprint density at radius 2 is 2.06 bits per heavy atom. The highest BCUT2D eigenvalue weighted by Crippen LogP contribution is 2.34. The lowest BCUT2D eigenvalue weighted by atomic mass is 9.95. The zero-order valence-corrected chi connectivity index (χ0v) is 12.7. The molecule has 0 aromatic rings. The van der Waals surface area contributed by atoms with Gasteiger partial charge in [0.1, 0.15) is 0 Å². The van der Waals surface area contributed by atoms with Crippen LogP contribution >= 0.6 is 0 Å². The maximum Gasteiger partial charge on any atom is 0.0610 e. The van der Waals surface area contributed by atoms with E-state index < -0.39 is 0 Å². The van der Waals surface area contributed by atoms with Crippen LogP contribution in [0.1, 0.15) is 52.9 Å². The number of likely N-dealkylation sites (N-methyl/N-ethyl adjacent to an activating group) is 1. The van der Waals surface area contributed by atoms with E-state index in [-0.39, 0.29) is 12.1 Å². The van der Waals surface area contributed by atoms with Gasteiger partial charge in [-0.2, -0.15) is 0 Å². The van der Waals surface area contributed by atoms with E-state index >= 15 is 0 Å². The van der Waals surface area contributed by atoms with Crippen molar-refractivity contribution in [2.45, 2.75) is 64.5 Å². The Balaban J connectivity index is 2.12. The summed E-state index contributed by atoms with van der Waals surface area (Å²) in [6.45, 7) is 8.91. The molecule has 2 unspecified atom stereocenters. The zero-order chi connectivity index (χ0) is 13.6. The van der Waals surface area contributed by atoms with Gasteiger partial charge in [0.05, 0.1) is 6.61 Å². The lowest BCUT2D eigenvalue weighted by Crippen LogP contribution is -2.45. The van der Waals surface area contributed by atoms with E-state index in [9.17, 15) is 5.11 Å². The Labute approximate surface area is 113 Å². The summed E-state index contributed by atoms with van der Waals surface area (Å²) in [6.07, 6.45) is 6.33. The molecule has 2 N–H and O–H groups in total. The van der Waals surface area contributed by atoms with Crippen molar-refractivity contribution in [3.63, 3.8) is 0 Å². The number of hydrogen-bond acceptors (Lipinski definition) is 3. The van der Waals surface area contributed by atoms with Gasteiger partial charge in [-0.1, -0.05) is 13.3 Å². The molecule has 1 fully saturated rings. The molecule has 0 heterocycles. The molecule has 0 bridgehead atoms. The lowest BCUT2D eigenvalue weighted by molar-refractivity contribution is 0.161.